The zero-order valence-electron chi connectivity index (χ0n) is 9.03. The van der Waals surface area contributed by atoms with E-state index >= 15 is 0 Å². The maximum Gasteiger partial charge on any atom is -0.00428 e. The molecule has 1 aliphatic rings. The normalized spacial score (nSPS) is 25.4. The van der Waals surface area contributed by atoms with Crippen LogP contribution < -0.4 is 5.73 Å². The summed E-state index contributed by atoms with van der Waals surface area (Å²) in [5, 5.41) is 0. The Balaban J connectivity index is 2.15. The quantitative estimate of drug-likeness (QED) is 0.777. The van der Waals surface area contributed by atoms with Gasteiger partial charge in [-0.15, -0.1) is 0 Å². The lowest BCUT2D eigenvalue weighted by molar-refractivity contribution is 0.805. The Bertz CT molecular complexity index is 317. The third kappa shape index (κ3) is 1.83. The van der Waals surface area contributed by atoms with Gasteiger partial charge in [0.2, 0.25) is 0 Å². The van der Waals surface area contributed by atoms with Crippen molar-refractivity contribution in [3.05, 3.63) is 35.4 Å². The number of benzene rings is 1. The second-order valence-corrected chi connectivity index (χ2v) is 4.66. The molecular formula is C13H19N. The van der Waals surface area contributed by atoms with Crippen molar-refractivity contribution in [3.8, 4) is 0 Å². The Hall–Kier alpha value is -0.820. The number of hydrogen-bond acceptors (Lipinski definition) is 1. The van der Waals surface area contributed by atoms with Gasteiger partial charge in [0, 0.05) is 0 Å². The van der Waals surface area contributed by atoms with E-state index in [4.69, 9.17) is 5.73 Å². The minimum atomic E-state index is 0.630. The summed E-state index contributed by atoms with van der Waals surface area (Å²) in [5.74, 6) is 2.13. The fourth-order valence-corrected chi connectivity index (χ4v) is 2.07. The fourth-order valence-electron chi connectivity index (χ4n) is 2.07. The summed E-state index contributed by atoms with van der Waals surface area (Å²) in [6, 6.07) is 8.99. The second-order valence-electron chi connectivity index (χ2n) is 4.66. The van der Waals surface area contributed by atoms with Crippen LogP contribution in [0.2, 0.25) is 0 Å². The van der Waals surface area contributed by atoms with Gasteiger partial charge in [-0.25, -0.2) is 0 Å². The molecule has 0 spiro atoms. The van der Waals surface area contributed by atoms with Crippen molar-refractivity contribution in [2.45, 2.75) is 32.1 Å². The smallest absolute Gasteiger partial charge is 0.00428 e. The average Bonchev–Trinajstić information content (AvgIpc) is 2.97. The van der Waals surface area contributed by atoms with Gasteiger partial charge >= 0.3 is 0 Å². The monoisotopic (exact) mass is 189 g/mol. The van der Waals surface area contributed by atoms with E-state index in [9.17, 15) is 0 Å². The Morgan fingerprint density at radius 2 is 2.21 bits per heavy atom. The van der Waals surface area contributed by atoms with E-state index in [1.807, 2.05) is 0 Å². The van der Waals surface area contributed by atoms with E-state index in [0.29, 0.717) is 5.92 Å². The summed E-state index contributed by atoms with van der Waals surface area (Å²) >= 11 is 0. The lowest BCUT2D eigenvalue weighted by Crippen LogP contribution is -2.02. The highest BCUT2D eigenvalue weighted by molar-refractivity contribution is 5.32. The molecule has 1 saturated carbocycles. The van der Waals surface area contributed by atoms with Crippen LogP contribution in [0.3, 0.4) is 0 Å². The molecule has 1 heteroatoms. The molecule has 76 valence electrons. The zero-order valence-corrected chi connectivity index (χ0v) is 9.03. The molecule has 0 amide bonds. The SMILES string of the molecule is CC(C)c1cccc(C2CC2CN)c1. The maximum absolute atomic E-state index is 5.66. The van der Waals surface area contributed by atoms with Crippen LogP contribution in [0.4, 0.5) is 0 Å². The molecule has 0 heterocycles. The predicted octanol–water partition coefficient (Wildman–Crippen LogP) is 2.87. The molecule has 0 aliphatic heterocycles. The van der Waals surface area contributed by atoms with Crippen LogP contribution >= 0.6 is 0 Å². The zero-order chi connectivity index (χ0) is 10.1. The molecule has 0 aromatic heterocycles. The second kappa shape index (κ2) is 3.74. The van der Waals surface area contributed by atoms with Crippen LogP contribution in [0.25, 0.3) is 0 Å². The fraction of sp³-hybridized carbons (Fsp3) is 0.538. The molecule has 1 aliphatic carbocycles. The molecule has 0 bridgehead atoms. The summed E-state index contributed by atoms with van der Waals surface area (Å²) < 4.78 is 0. The number of hydrogen-bond donors (Lipinski definition) is 1. The maximum atomic E-state index is 5.66. The highest BCUT2D eigenvalue weighted by Gasteiger charge is 2.36. The van der Waals surface area contributed by atoms with Crippen LogP contribution in [0.1, 0.15) is 43.2 Å². The van der Waals surface area contributed by atoms with Gasteiger partial charge in [0.25, 0.3) is 0 Å². The lowest BCUT2D eigenvalue weighted by Gasteiger charge is -2.07. The predicted molar refractivity (Wildman–Crippen MR) is 60.4 cm³/mol. The Morgan fingerprint density at radius 3 is 2.79 bits per heavy atom. The van der Waals surface area contributed by atoms with Crippen molar-refractivity contribution in [2.75, 3.05) is 6.54 Å². The standard InChI is InChI=1S/C13H19N/c1-9(2)10-4-3-5-11(6-10)13-7-12(13)8-14/h3-6,9,12-13H,7-8,14H2,1-2H3. The summed E-state index contributed by atoms with van der Waals surface area (Å²) in [4.78, 5) is 0. The minimum absolute atomic E-state index is 0.630. The topological polar surface area (TPSA) is 26.0 Å². The van der Waals surface area contributed by atoms with Crippen LogP contribution in [0.5, 0.6) is 0 Å². The van der Waals surface area contributed by atoms with Gasteiger partial charge in [0.15, 0.2) is 0 Å². The van der Waals surface area contributed by atoms with Gasteiger partial charge in [0.1, 0.15) is 0 Å². The number of rotatable bonds is 3. The van der Waals surface area contributed by atoms with Gasteiger partial charge < -0.3 is 5.73 Å². The van der Waals surface area contributed by atoms with E-state index in [-0.39, 0.29) is 0 Å². The van der Waals surface area contributed by atoms with Crippen molar-refractivity contribution in [2.24, 2.45) is 11.7 Å². The molecule has 1 aromatic carbocycles. The lowest BCUT2D eigenvalue weighted by atomic mass is 9.98. The Morgan fingerprint density at radius 1 is 1.43 bits per heavy atom. The van der Waals surface area contributed by atoms with Gasteiger partial charge in [-0.1, -0.05) is 38.1 Å². The highest BCUT2D eigenvalue weighted by atomic mass is 14.6. The first-order valence-corrected chi connectivity index (χ1v) is 5.52. The summed E-state index contributed by atoms with van der Waals surface area (Å²) in [7, 11) is 0. The Kier molecular flexibility index (Phi) is 2.60. The third-order valence-electron chi connectivity index (χ3n) is 3.23. The molecule has 1 fully saturated rings. The molecular weight excluding hydrogens is 170 g/mol. The van der Waals surface area contributed by atoms with Gasteiger partial charge in [-0.2, -0.15) is 0 Å². The average molecular weight is 189 g/mol. The van der Waals surface area contributed by atoms with Gasteiger partial charge in [0.05, 0.1) is 0 Å². The molecule has 2 unspecified atom stereocenters. The molecule has 0 saturated heterocycles. The molecule has 2 N–H and O–H groups in total. The van der Waals surface area contributed by atoms with Crippen LogP contribution in [0.15, 0.2) is 24.3 Å². The molecule has 14 heavy (non-hydrogen) atoms. The van der Waals surface area contributed by atoms with Crippen molar-refractivity contribution in [1.82, 2.24) is 0 Å². The molecule has 2 rings (SSSR count). The largest absolute Gasteiger partial charge is 0.330 e. The molecule has 0 radical (unpaired) electrons. The van der Waals surface area contributed by atoms with Crippen molar-refractivity contribution >= 4 is 0 Å². The first kappa shape index (κ1) is 9.72. The first-order valence-electron chi connectivity index (χ1n) is 5.52. The van der Waals surface area contributed by atoms with Gasteiger partial charge in [-0.3, -0.25) is 0 Å². The molecule has 2 atom stereocenters. The molecule has 1 nitrogen and oxygen atoms in total. The number of nitrogens with two attached hydrogens (primary N) is 1. The van der Waals surface area contributed by atoms with Crippen molar-refractivity contribution in [1.29, 1.82) is 0 Å². The highest BCUT2D eigenvalue weighted by Crippen LogP contribution is 2.46. The summed E-state index contributed by atoms with van der Waals surface area (Å²) in [6.07, 6.45) is 1.29. The van der Waals surface area contributed by atoms with Crippen molar-refractivity contribution in [3.63, 3.8) is 0 Å². The molecule has 1 aromatic rings. The van der Waals surface area contributed by atoms with E-state index in [1.165, 1.54) is 17.5 Å². The van der Waals surface area contributed by atoms with E-state index < -0.39 is 0 Å². The van der Waals surface area contributed by atoms with E-state index in [1.54, 1.807) is 0 Å². The third-order valence-corrected chi connectivity index (χ3v) is 3.23. The van der Waals surface area contributed by atoms with Crippen LogP contribution in [-0.4, -0.2) is 6.54 Å². The van der Waals surface area contributed by atoms with Crippen LogP contribution in [-0.2, 0) is 0 Å². The van der Waals surface area contributed by atoms with E-state index in [2.05, 4.69) is 38.1 Å². The summed E-state index contributed by atoms with van der Waals surface area (Å²) in [6.45, 7) is 5.33. The van der Waals surface area contributed by atoms with E-state index in [0.717, 1.165) is 18.4 Å². The first-order chi connectivity index (χ1) is 6.72. The minimum Gasteiger partial charge on any atom is -0.330 e. The summed E-state index contributed by atoms with van der Waals surface area (Å²) in [5.41, 5.74) is 8.60. The van der Waals surface area contributed by atoms with Crippen molar-refractivity contribution < 1.29 is 0 Å². The Labute approximate surface area is 86.3 Å². The van der Waals surface area contributed by atoms with Crippen LogP contribution in [0, 0.1) is 5.92 Å². The van der Waals surface area contributed by atoms with Gasteiger partial charge in [-0.05, 0) is 41.8 Å².